The lowest BCUT2D eigenvalue weighted by Crippen LogP contribution is -2.44. The SMILES string of the molecule is COC(=O)[C@H](CCC(=O)Nc1ccc(O)c(C(=O)O)c1)NC(=O)OC(C)(C)C. The summed E-state index contributed by atoms with van der Waals surface area (Å²) in [5, 5.41) is 23.3. The third-order valence-electron chi connectivity index (χ3n) is 3.35. The van der Waals surface area contributed by atoms with Crippen molar-refractivity contribution >= 4 is 29.6 Å². The number of esters is 1. The van der Waals surface area contributed by atoms with Crippen molar-refractivity contribution < 1.29 is 38.9 Å². The molecule has 0 aliphatic rings. The molecule has 0 saturated heterocycles. The van der Waals surface area contributed by atoms with Gasteiger partial charge in [-0.2, -0.15) is 0 Å². The molecular formula is C18H24N2O8. The Balaban J connectivity index is 2.70. The van der Waals surface area contributed by atoms with Crippen LogP contribution >= 0.6 is 0 Å². The Labute approximate surface area is 161 Å². The molecule has 10 nitrogen and oxygen atoms in total. The van der Waals surface area contributed by atoms with E-state index in [1.807, 2.05) is 0 Å². The summed E-state index contributed by atoms with van der Waals surface area (Å²) in [5.74, 6) is -3.04. The number of phenols is 1. The summed E-state index contributed by atoms with van der Waals surface area (Å²) in [6, 6.07) is 2.48. The number of nitrogens with one attached hydrogen (secondary N) is 2. The largest absolute Gasteiger partial charge is 0.507 e. The van der Waals surface area contributed by atoms with Gasteiger partial charge in [0.05, 0.1) is 7.11 Å². The molecule has 0 saturated carbocycles. The van der Waals surface area contributed by atoms with Gasteiger partial charge in [-0.25, -0.2) is 14.4 Å². The number of hydrogen-bond acceptors (Lipinski definition) is 7. The predicted molar refractivity (Wildman–Crippen MR) is 98.1 cm³/mol. The van der Waals surface area contributed by atoms with E-state index in [1.54, 1.807) is 20.8 Å². The molecule has 0 aromatic heterocycles. The van der Waals surface area contributed by atoms with Gasteiger partial charge in [0.2, 0.25) is 5.91 Å². The van der Waals surface area contributed by atoms with E-state index in [0.29, 0.717) is 0 Å². The van der Waals surface area contributed by atoms with Crippen molar-refractivity contribution in [2.45, 2.75) is 45.3 Å². The molecule has 2 amide bonds. The van der Waals surface area contributed by atoms with Gasteiger partial charge in [0, 0.05) is 12.1 Å². The first kappa shape index (κ1) is 22.7. The van der Waals surface area contributed by atoms with Gasteiger partial charge in [0.25, 0.3) is 0 Å². The summed E-state index contributed by atoms with van der Waals surface area (Å²) in [6.45, 7) is 4.99. The molecule has 0 bridgehead atoms. The normalized spacial score (nSPS) is 11.9. The van der Waals surface area contributed by atoms with Crippen LogP contribution in [-0.4, -0.2) is 52.9 Å². The van der Waals surface area contributed by atoms with Crippen LogP contribution in [0.2, 0.25) is 0 Å². The highest BCUT2D eigenvalue weighted by Gasteiger charge is 2.25. The minimum atomic E-state index is -1.35. The number of carbonyl (C=O) groups excluding carboxylic acids is 3. The van der Waals surface area contributed by atoms with E-state index in [9.17, 15) is 24.3 Å². The van der Waals surface area contributed by atoms with E-state index in [2.05, 4.69) is 15.4 Å². The van der Waals surface area contributed by atoms with E-state index in [4.69, 9.17) is 9.84 Å². The Kier molecular flexibility index (Phi) is 7.78. The van der Waals surface area contributed by atoms with Crippen LogP contribution in [0.25, 0.3) is 0 Å². The molecule has 0 aliphatic heterocycles. The van der Waals surface area contributed by atoms with Crippen molar-refractivity contribution in [3.63, 3.8) is 0 Å². The van der Waals surface area contributed by atoms with Gasteiger partial charge in [-0.05, 0) is 45.4 Å². The number of aromatic carboxylic acids is 1. The highest BCUT2D eigenvalue weighted by molar-refractivity contribution is 5.95. The van der Waals surface area contributed by atoms with Crippen molar-refractivity contribution in [1.82, 2.24) is 5.32 Å². The molecule has 0 spiro atoms. The van der Waals surface area contributed by atoms with Gasteiger partial charge < -0.3 is 30.3 Å². The number of benzene rings is 1. The summed E-state index contributed by atoms with van der Waals surface area (Å²) in [5.41, 5.74) is -0.963. The van der Waals surface area contributed by atoms with Crippen molar-refractivity contribution in [3.05, 3.63) is 23.8 Å². The number of amides is 2. The summed E-state index contributed by atoms with van der Waals surface area (Å²) in [7, 11) is 1.15. The van der Waals surface area contributed by atoms with E-state index < -0.39 is 41.3 Å². The lowest BCUT2D eigenvalue weighted by atomic mass is 10.1. The monoisotopic (exact) mass is 396 g/mol. The molecule has 0 radical (unpaired) electrons. The van der Waals surface area contributed by atoms with Crippen LogP contribution in [0.4, 0.5) is 10.5 Å². The van der Waals surface area contributed by atoms with E-state index in [0.717, 1.165) is 19.2 Å². The molecular weight excluding hydrogens is 372 g/mol. The number of rotatable bonds is 7. The van der Waals surface area contributed by atoms with Crippen molar-refractivity contribution in [1.29, 1.82) is 0 Å². The number of hydrogen-bond donors (Lipinski definition) is 4. The van der Waals surface area contributed by atoms with Crippen LogP contribution in [0.15, 0.2) is 18.2 Å². The summed E-state index contributed by atoms with van der Waals surface area (Å²) >= 11 is 0. The third kappa shape index (κ3) is 7.52. The topological polar surface area (TPSA) is 151 Å². The van der Waals surface area contributed by atoms with Gasteiger partial charge in [-0.3, -0.25) is 4.79 Å². The first-order chi connectivity index (χ1) is 12.9. The number of carboxylic acids is 1. The second-order valence-electron chi connectivity index (χ2n) is 6.85. The second kappa shape index (κ2) is 9.58. The number of anilines is 1. The number of carbonyl (C=O) groups is 4. The van der Waals surface area contributed by atoms with Gasteiger partial charge in [0.15, 0.2) is 0 Å². The maximum atomic E-state index is 12.1. The molecule has 0 fully saturated rings. The van der Waals surface area contributed by atoms with Crippen LogP contribution < -0.4 is 10.6 Å². The summed E-state index contributed by atoms with van der Waals surface area (Å²) in [4.78, 5) is 46.8. The van der Waals surface area contributed by atoms with Crippen LogP contribution in [0.5, 0.6) is 5.75 Å². The quantitative estimate of drug-likeness (QED) is 0.403. The standard InChI is InChI=1S/C18H24N2O8/c1-18(2,3)28-17(26)20-12(16(25)27-4)6-8-14(22)19-10-5-7-13(21)11(9-10)15(23)24/h5,7,9,12,21H,6,8H2,1-4H3,(H,19,22)(H,20,26)(H,23,24)/t12-/m0/s1. The highest BCUT2D eigenvalue weighted by atomic mass is 16.6. The Morgan fingerprint density at radius 1 is 1.18 bits per heavy atom. The molecule has 1 aromatic carbocycles. The first-order valence-electron chi connectivity index (χ1n) is 8.36. The van der Waals surface area contributed by atoms with Crippen LogP contribution in [0.1, 0.15) is 44.0 Å². The number of carboxylic acid groups (broad SMARTS) is 1. The average Bonchev–Trinajstić information content (AvgIpc) is 2.57. The Bertz CT molecular complexity index is 754. The maximum Gasteiger partial charge on any atom is 0.408 e. The van der Waals surface area contributed by atoms with E-state index >= 15 is 0 Å². The maximum absolute atomic E-state index is 12.1. The lowest BCUT2D eigenvalue weighted by molar-refractivity contribution is -0.143. The summed E-state index contributed by atoms with van der Waals surface area (Å²) < 4.78 is 9.69. The zero-order valence-electron chi connectivity index (χ0n) is 16.1. The van der Waals surface area contributed by atoms with E-state index in [1.165, 1.54) is 6.07 Å². The van der Waals surface area contributed by atoms with Crippen LogP contribution in [0, 0.1) is 0 Å². The molecule has 0 unspecified atom stereocenters. The molecule has 0 heterocycles. The predicted octanol–water partition coefficient (Wildman–Crippen LogP) is 1.88. The Hall–Kier alpha value is -3.30. The number of aromatic hydroxyl groups is 1. The van der Waals surface area contributed by atoms with Crippen LogP contribution in [0.3, 0.4) is 0 Å². The highest BCUT2D eigenvalue weighted by Crippen LogP contribution is 2.21. The van der Waals surface area contributed by atoms with Crippen LogP contribution in [-0.2, 0) is 19.1 Å². The fourth-order valence-corrected chi connectivity index (χ4v) is 2.13. The zero-order valence-corrected chi connectivity index (χ0v) is 16.1. The Morgan fingerprint density at radius 2 is 1.82 bits per heavy atom. The molecule has 1 rings (SSSR count). The molecule has 4 N–H and O–H groups in total. The fourth-order valence-electron chi connectivity index (χ4n) is 2.13. The molecule has 1 atom stereocenters. The molecule has 28 heavy (non-hydrogen) atoms. The first-order valence-corrected chi connectivity index (χ1v) is 8.36. The second-order valence-corrected chi connectivity index (χ2v) is 6.85. The Morgan fingerprint density at radius 3 is 2.36 bits per heavy atom. The molecule has 154 valence electrons. The van der Waals surface area contributed by atoms with E-state index in [-0.39, 0.29) is 24.1 Å². The minimum absolute atomic E-state index is 0.0678. The number of ether oxygens (including phenoxy) is 2. The van der Waals surface area contributed by atoms with Crippen molar-refractivity contribution in [2.24, 2.45) is 0 Å². The number of methoxy groups -OCH3 is 1. The van der Waals surface area contributed by atoms with Crippen molar-refractivity contribution in [3.8, 4) is 5.75 Å². The van der Waals surface area contributed by atoms with Gasteiger partial charge in [-0.15, -0.1) is 0 Å². The smallest absolute Gasteiger partial charge is 0.408 e. The molecule has 10 heteroatoms. The van der Waals surface area contributed by atoms with Gasteiger partial charge >= 0.3 is 18.0 Å². The van der Waals surface area contributed by atoms with Gasteiger partial charge in [0.1, 0.15) is 23.0 Å². The zero-order chi connectivity index (χ0) is 21.5. The molecule has 1 aromatic rings. The van der Waals surface area contributed by atoms with Crippen molar-refractivity contribution in [2.75, 3.05) is 12.4 Å². The summed E-state index contributed by atoms with van der Waals surface area (Å²) in [6.07, 6.45) is -1.06. The van der Waals surface area contributed by atoms with Gasteiger partial charge in [-0.1, -0.05) is 0 Å². The minimum Gasteiger partial charge on any atom is -0.507 e. The molecule has 0 aliphatic carbocycles. The average molecular weight is 396 g/mol. The third-order valence-corrected chi connectivity index (χ3v) is 3.35. The lowest BCUT2D eigenvalue weighted by Gasteiger charge is -2.22. The fraction of sp³-hybridized carbons (Fsp3) is 0.444. The number of alkyl carbamates (subject to hydrolysis) is 1.